The normalized spacial score (nSPS) is 16.7. The Kier molecular flexibility index (Phi) is 5.04. The van der Waals surface area contributed by atoms with Crippen molar-refractivity contribution < 1.29 is 9.53 Å². The number of rotatable bonds is 4. The van der Waals surface area contributed by atoms with Crippen molar-refractivity contribution in [3.8, 4) is 5.75 Å². The van der Waals surface area contributed by atoms with Gasteiger partial charge in [0.25, 0.3) is 5.91 Å². The summed E-state index contributed by atoms with van der Waals surface area (Å²) in [6.45, 7) is 3.46. The van der Waals surface area contributed by atoms with Gasteiger partial charge in [-0.25, -0.2) is 0 Å². The largest absolute Gasteiger partial charge is 0.494 e. The van der Waals surface area contributed by atoms with Crippen molar-refractivity contribution in [2.45, 2.75) is 19.4 Å². The predicted octanol–water partition coefficient (Wildman–Crippen LogP) is 3.44. The summed E-state index contributed by atoms with van der Waals surface area (Å²) in [6.07, 6.45) is 1.03. The number of carbonyl (C=O) groups is 1. The summed E-state index contributed by atoms with van der Waals surface area (Å²) in [5.41, 5.74) is 2.63. The molecule has 1 amide bonds. The van der Waals surface area contributed by atoms with Gasteiger partial charge < -0.3 is 15.4 Å². The minimum Gasteiger partial charge on any atom is -0.494 e. The highest BCUT2D eigenvalue weighted by Crippen LogP contribution is 2.39. The van der Waals surface area contributed by atoms with Crippen LogP contribution >= 0.6 is 27.3 Å². The monoisotopic (exact) mass is 394 g/mol. The zero-order valence-corrected chi connectivity index (χ0v) is 15.5. The van der Waals surface area contributed by atoms with E-state index in [4.69, 9.17) is 4.74 Å². The molecule has 3 rings (SSSR count). The maximum Gasteiger partial charge on any atom is 0.265 e. The van der Waals surface area contributed by atoms with Crippen LogP contribution in [-0.4, -0.2) is 26.1 Å². The van der Waals surface area contributed by atoms with Gasteiger partial charge in [0.05, 0.1) is 11.6 Å². The van der Waals surface area contributed by atoms with Gasteiger partial charge in [-0.3, -0.25) is 4.79 Å². The van der Waals surface area contributed by atoms with Gasteiger partial charge in [0.15, 0.2) is 5.75 Å². The smallest absolute Gasteiger partial charge is 0.265 e. The molecule has 0 saturated heterocycles. The van der Waals surface area contributed by atoms with E-state index < -0.39 is 0 Å². The summed E-state index contributed by atoms with van der Waals surface area (Å²) >= 11 is 4.91. The number of amides is 1. The van der Waals surface area contributed by atoms with Crippen LogP contribution in [0.15, 0.2) is 28.7 Å². The summed E-state index contributed by atoms with van der Waals surface area (Å²) in [5, 5.41) is 6.51. The predicted molar refractivity (Wildman–Crippen MR) is 96.5 cm³/mol. The number of methoxy groups -OCH3 is 1. The standard InChI is InChI=1S/C17H19BrN2O2S/c1-10-14(18)15(22-2)16(23-10)17(21)20-9-13-12-6-4-3-5-11(12)7-8-19-13/h3-6,13,19H,7-9H2,1-2H3,(H,20,21). The minimum absolute atomic E-state index is 0.0921. The Hall–Kier alpha value is -1.37. The Bertz CT molecular complexity index is 729. The van der Waals surface area contributed by atoms with Crippen molar-refractivity contribution in [3.05, 3.63) is 49.6 Å². The molecule has 4 nitrogen and oxygen atoms in total. The van der Waals surface area contributed by atoms with Gasteiger partial charge in [0.2, 0.25) is 0 Å². The van der Waals surface area contributed by atoms with Crippen LogP contribution in [0.1, 0.15) is 31.7 Å². The molecule has 0 spiro atoms. The fraction of sp³-hybridized carbons (Fsp3) is 0.353. The molecule has 0 radical (unpaired) electrons. The molecule has 0 aliphatic carbocycles. The van der Waals surface area contributed by atoms with E-state index >= 15 is 0 Å². The molecule has 1 atom stereocenters. The minimum atomic E-state index is -0.0921. The Balaban J connectivity index is 1.72. The van der Waals surface area contributed by atoms with Crippen LogP contribution in [0.5, 0.6) is 5.75 Å². The molecule has 1 aromatic heterocycles. The van der Waals surface area contributed by atoms with E-state index in [0.717, 1.165) is 22.3 Å². The first-order chi connectivity index (χ1) is 11.1. The Morgan fingerprint density at radius 1 is 1.48 bits per heavy atom. The highest BCUT2D eigenvalue weighted by atomic mass is 79.9. The number of nitrogens with one attached hydrogen (secondary N) is 2. The molecule has 2 N–H and O–H groups in total. The molecule has 2 aromatic rings. The SMILES string of the molecule is COc1c(C(=O)NCC2NCCc3ccccc32)sc(C)c1Br. The number of benzene rings is 1. The Labute approximate surface area is 148 Å². The summed E-state index contributed by atoms with van der Waals surface area (Å²) < 4.78 is 6.21. The van der Waals surface area contributed by atoms with E-state index in [1.807, 2.05) is 13.0 Å². The number of aryl methyl sites for hydroxylation is 1. The quantitative estimate of drug-likeness (QED) is 0.834. The van der Waals surface area contributed by atoms with Crippen LogP contribution in [0.4, 0.5) is 0 Å². The number of carbonyl (C=O) groups excluding carboxylic acids is 1. The van der Waals surface area contributed by atoms with Gasteiger partial charge in [0, 0.05) is 17.5 Å². The first-order valence-electron chi connectivity index (χ1n) is 7.54. The van der Waals surface area contributed by atoms with Crippen LogP contribution in [0.2, 0.25) is 0 Å². The van der Waals surface area contributed by atoms with Crippen LogP contribution in [0, 0.1) is 6.92 Å². The number of hydrogen-bond donors (Lipinski definition) is 2. The lowest BCUT2D eigenvalue weighted by molar-refractivity contribution is 0.0950. The first-order valence-corrected chi connectivity index (χ1v) is 9.15. The molecular formula is C17H19BrN2O2S. The zero-order chi connectivity index (χ0) is 16.4. The van der Waals surface area contributed by atoms with Crippen molar-refractivity contribution >= 4 is 33.2 Å². The molecule has 1 aromatic carbocycles. The summed E-state index contributed by atoms with van der Waals surface area (Å²) in [4.78, 5) is 14.2. The summed E-state index contributed by atoms with van der Waals surface area (Å²) in [6, 6.07) is 8.55. The molecule has 1 unspecified atom stereocenters. The van der Waals surface area contributed by atoms with Crippen molar-refractivity contribution in [1.29, 1.82) is 0 Å². The Morgan fingerprint density at radius 3 is 3.04 bits per heavy atom. The maximum atomic E-state index is 12.5. The molecule has 0 bridgehead atoms. The van der Waals surface area contributed by atoms with E-state index in [9.17, 15) is 4.79 Å². The van der Waals surface area contributed by atoms with E-state index in [0.29, 0.717) is 17.2 Å². The average Bonchev–Trinajstić information content (AvgIpc) is 2.87. The van der Waals surface area contributed by atoms with Gasteiger partial charge in [-0.15, -0.1) is 11.3 Å². The van der Waals surface area contributed by atoms with E-state index in [1.54, 1.807) is 7.11 Å². The third-order valence-corrected chi connectivity index (χ3v) is 6.37. The lowest BCUT2D eigenvalue weighted by atomic mass is 9.94. The van der Waals surface area contributed by atoms with Gasteiger partial charge >= 0.3 is 0 Å². The van der Waals surface area contributed by atoms with Crippen molar-refractivity contribution in [1.82, 2.24) is 10.6 Å². The zero-order valence-electron chi connectivity index (χ0n) is 13.1. The molecule has 1 aliphatic heterocycles. The number of thiophene rings is 1. The lowest BCUT2D eigenvalue weighted by Gasteiger charge is -2.27. The first kappa shape index (κ1) is 16.5. The van der Waals surface area contributed by atoms with Crippen molar-refractivity contribution in [2.24, 2.45) is 0 Å². The number of halogens is 1. The third-order valence-electron chi connectivity index (χ3n) is 4.06. The highest BCUT2D eigenvalue weighted by molar-refractivity contribution is 9.10. The molecular weight excluding hydrogens is 376 g/mol. The second kappa shape index (κ2) is 7.03. The lowest BCUT2D eigenvalue weighted by Crippen LogP contribution is -2.38. The van der Waals surface area contributed by atoms with Gasteiger partial charge in [-0.1, -0.05) is 24.3 Å². The molecule has 2 heterocycles. The molecule has 122 valence electrons. The van der Waals surface area contributed by atoms with Crippen LogP contribution in [-0.2, 0) is 6.42 Å². The summed E-state index contributed by atoms with van der Waals surface area (Å²) in [5.74, 6) is 0.521. The molecule has 6 heteroatoms. The highest BCUT2D eigenvalue weighted by Gasteiger charge is 2.23. The van der Waals surface area contributed by atoms with Crippen LogP contribution < -0.4 is 15.4 Å². The van der Waals surface area contributed by atoms with E-state index in [2.05, 4.69) is 44.8 Å². The van der Waals surface area contributed by atoms with Crippen molar-refractivity contribution in [3.63, 3.8) is 0 Å². The maximum absolute atomic E-state index is 12.5. The average molecular weight is 395 g/mol. The number of ether oxygens (including phenoxy) is 1. The number of fused-ring (bicyclic) bond motifs is 1. The summed E-state index contributed by atoms with van der Waals surface area (Å²) in [7, 11) is 1.59. The van der Waals surface area contributed by atoms with Gasteiger partial charge in [-0.2, -0.15) is 0 Å². The van der Waals surface area contributed by atoms with Crippen LogP contribution in [0.3, 0.4) is 0 Å². The second-order valence-corrected chi connectivity index (χ2v) is 7.52. The van der Waals surface area contributed by atoms with E-state index in [-0.39, 0.29) is 11.9 Å². The van der Waals surface area contributed by atoms with Gasteiger partial charge in [0.1, 0.15) is 4.88 Å². The van der Waals surface area contributed by atoms with Gasteiger partial charge in [-0.05, 0) is 46.9 Å². The molecule has 1 aliphatic rings. The van der Waals surface area contributed by atoms with E-state index in [1.165, 1.54) is 22.5 Å². The molecule has 0 saturated carbocycles. The molecule has 23 heavy (non-hydrogen) atoms. The number of hydrogen-bond acceptors (Lipinski definition) is 4. The third kappa shape index (κ3) is 3.29. The topological polar surface area (TPSA) is 50.4 Å². The fourth-order valence-corrected chi connectivity index (χ4v) is 4.55. The fourth-order valence-electron chi connectivity index (χ4n) is 2.89. The van der Waals surface area contributed by atoms with Crippen molar-refractivity contribution in [2.75, 3.05) is 20.2 Å². The van der Waals surface area contributed by atoms with Crippen LogP contribution in [0.25, 0.3) is 0 Å². The molecule has 0 fully saturated rings. The second-order valence-electron chi connectivity index (χ2n) is 5.50. The Morgan fingerprint density at radius 2 is 2.26 bits per heavy atom.